The highest BCUT2D eigenvalue weighted by atomic mass is 32.2. The molecule has 7 nitrogen and oxygen atoms in total. The first-order valence-electron chi connectivity index (χ1n) is 8.96. The molecule has 0 spiro atoms. The average molecular weight is 459 g/mol. The number of aromatic amines is 1. The number of pyridine rings is 1. The Morgan fingerprint density at radius 3 is 2.13 bits per heavy atom. The van der Waals surface area contributed by atoms with Crippen molar-refractivity contribution in [1.82, 2.24) is 4.98 Å². The van der Waals surface area contributed by atoms with E-state index in [1.54, 1.807) is 12.1 Å². The lowest BCUT2D eigenvalue weighted by molar-refractivity contribution is -0.0500. The molecular weight excluding hydrogens is 439 g/mol. The van der Waals surface area contributed by atoms with Crippen LogP contribution in [0.3, 0.4) is 0 Å². The Kier molecular flexibility index (Phi) is 7.21. The van der Waals surface area contributed by atoms with Crippen LogP contribution in [-0.4, -0.2) is 33.1 Å². The van der Waals surface area contributed by atoms with Crippen LogP contribution in [0.15, 0.2) is 47.3 Å². The fraction of sp³-hybridized carbons (Fsp3) is 0.250. The number of fused-ring (bicyclic) bond motifs is 1. The molecule has 0 unspecified atom stereocenters. The van der Waals surface area contributed by atoms with Gasteiger partial charge < -0.3 is 18.6 Å². The molecule has 168 valence electrons. The van der Waals surface area contributed by atoms with Crippen molar-refractivity contribution in [3.05, 3.63) is 52.8 Å². The van der Waals surface area contributed by atoms with Gasteiger partial charge in [0.15, 0.2) is 11.5 Å². The lowest BCUT2D eigenvalue weighted by Gasteiger charge is -2.12. The number of H-pyrrole nitrogens is 1. The molecule has 1 aromatic heterocycles. The van der Waals surface area contributed by atoms with Crippen molar-refractivity contribution < 1.29 is 35.2 Å². The molecular formula is C20H20F3NO6S. The molecule has 0 bridgehead atoms. The Balaban J connectivity index is 0.00000166. The zero-order chi connectivity index (χ0) is 23.4. The quantitative estimate of drug-likeness (QED) is 0.447. The minimum absolute atomic E-state index is 0.240. The summed E-state index contributed by atoms with van der Waals surface area (Å²) < 4.78 is 74.5. The zero-order valence-corrected chi connectivity index (χ0v) is 17.8. The van der Waals surface area contributed by atoms with E-state index in [4.69, 9.17) is 9.47 Å². The third kappa shape index (κ3) is 5.10. The van der Waals surface area contributed by atoms with Gasteiger partial charge in [-0.3, -0.25) is 4.79 Å². The van der Waals surface area contributed by atoms with Crippen molar-refractivity contribution in [2.75, 3.05) is 14.2 Å². The number of aromatic nitrogens is 1. The largest absolute Gasteiger partial charge is 0.534 e. The molecule has 31 heavy (non-hydrogen) atoms. The van der Waals surface area contributed by atoms with Gasteiger partial charge in [-0.2, -0.15) is 21.6 Å². The van der Waals surface area contributed by atoms with Gasteiger partial charge >= 0.3 is 15.6 Å². The number of hydrogen-bond acceptors (Lipinski definition) is 6. The van der Waals surface area contributed by atoms with Gasteiger partial charge in [0.05, 0.1) is 19.6 Å². The summed E-state index contributed by atoms with van der Waals surface area (Å²) >= 11 is 0. The van der Waals surface area contributed by atoms with Gasteiger partial charge in [0.1, 0.15) is 5.75 Å². The van der Waals surface area contributed by atoms with Crippen LogP contribution in [0, 0.1) is 0 Å². The lowest BCUT2D eigenvalue weighted by atomic mass is 10.1. The smallest absolute Gasteiger partial charge is 0.493 e. The van der Waals surface area contributed by atoms with Crippen LogP contribution in [0.2, 0.25) is 0 Å². The Morgan fingerprint density at radius 1 is 0.935 bits per heavy atom. The number of halogens is 3. The molecule has 3 rings (SSSR count). The fourth-order valence-electron chi connectivity index (χ4n) is 2.64. The molecule has 0 radical (unpaired) electrons. The van der Waals surface area contributed by atoms with Crippen molar-refractivity contribution in [1.29, 1.82) is 0 Å². The SMILES string of the molecule is CC.COc1cc2cc(-c3cccc(OS(=O)(=O)C(F)(F)F)c3)[nH]c(=O)c2cc1OC. The van der Waals surface area contributed by atoms with E-state index in [1.165, 1.54) is 32.4 Å². The number of ether oxygens (including phenoxy) is 2. The minimum Gasteiger partial charge on any atom is -0.493 e. The number of rotatable bonds is 5. The summed E-state index contributed by atoms with van der Waals surface area (Å²) in [5.41, 5.74) is -5.55. The molecule has 0 saturated carbocycles. The lowest BCUT2D eigenvalue weighted by Crippen LogP contribution is -2.28. The van der Waals surface area contributed by atoms with Crippen molar-refractivity contribution in [3.63, 3.8) is 0 Å². The molecule has 0 amide bonds. The maximum Gasteiger partial charge on any atom is 0.534 e. The molecule has 0 aliphatic carbocycles. The van der Waals surface area contributed by atoms with E-state index in [0.29, 0.717) is 22.3 Å². The molecule has 0 saturated heterocycles. The number of hydrogen-bond donors (Lipinski definition) is 1. The van der Waals surface area contributed by atoms with Gasteiger partial charge in [-0.25, -0.2) is 0 Å². The van der Waals surface area contributed by atoms with Crippen LogP contribution in [-0.2, 0) is 10.1 Å². The van der Waals surface area contributed by atoms with E-state index in [9.17, 15) is 26.4 Å². The Labute approximate surface area is 176 Å². The van der Waals surface area contributed by atoms with Gasteiger partial charge in [-0.15, -0.1) is 0 Å². The molecule has 1 heterocycles. The topological polar surface area (TPSA) is 94.7 Å². The minimum atomic E-state index is -5.81. The highest BCUT2D eigenvalue weighted by Crippen LogP contribution is 2.33. The second kappa shape index (κ2) is 9.29. The first-order chi connectivity index (χ1) is 14.6. The molecule has 0 aliphatic rings. The van der Waals surface area contributed by atoms with E-state index in [0.717, 1.165) is 12.1 Å². The van der Waals surface area contributed by atoms with E-state index < -0.39 is 26.9 Å². The summed E-state index contributed by atoms with van der Waals surface area (Å²) in [6, 6.07) is 9.53. The number of alkyl halides is 3. The zero-order valence-electron chi connectivity index (χ0n) is 17.0. The average Bonchev–Trinajstić information content (AvgIpc) is 2.73. The van der Waals surface area contributed by atoms with Crippen LogP contribution in [0.4, 0.5) is 13.2 Å². The molecule has 0 fully saturated rings. The normalized spacial score (nSPS) is 11.5. The first kappa shape index (κ1) is 24.1. The third-order valence-electron chi connectivity index (χ3n) is 3.98. The Hall–Kier alpha value is -3.21. The van der Waals surface area contributed by atoms with Gasteiger partial charge in [0.25, 0.3) is 5.56 Å². The highest BCUT2D eigenvalue weighted by Gasteiger charge is 2.48. The molecule has 1 N–H and O–H groups in total. The van der Waals surface area contributed by atoms with Crippen molar-refractivity contribution in [2.45, 2.75) is 19.4 Å². The summed E-state index contributed by atoms with van der Waals surface area (Å²) in [5.74, 6) is 0.184. The summed E-state index contributed by atoms with van der Waals surface area (Å²) in [7, 11) is -2.96. The Morgan fingerprint density at radius 2 is 1.55 bits per heavy atom. The van der Waals surface area contributed by atoms with E-state index in [2.05, 4.69) is 9.17 Å². The maximum atomic E-state index is 12.5. The van der Waals surface area contributed by atoms with E-state index >= 15 is 0 Å². The fourth-order valence-corrected chi connectivity index (χ4v) is 3.09. The van der Waals surface area contributed by atoms with Gasteiger partial charge in [0, 0.05) is 11.3 Å². The van der Waals surface area contributed by atoms with E-state index in [1.807, 2.05) is 13.8 Å². The van der Waals surface area contributed by atoms with Crippen LogP contribution in [0.1, 0.15) is 13.8 Å². The summed E-state index contributed by atoms with van der Waals surface area (Å²) in [6.07, 6.45) is 0. The Bertz CT molecular complexity index is 1240. The molecule has 0 atom stereocenters. The summed E-state index contributed by atoms with van der Waals surface area (Å²) in [4.78, 5) is 15.1. The van der Waals surface area contributed by atoms with Crippen LogP contribution in [0.25, 0.3) is 22.0 Å². The molecule has 3 aromatic rings. The number of methoxy groups -OCH3 is 2. The summed E-state index contributed by atoms with van der Waals surface area (Å²) in [6.45, 7) is 4.00. The van der Waals surface area contributed by atoms with Gasteiger partial charge in [-0.1, -0.05) is 26.0 Å². The van der Waals surface area contributed by atoms with Crippen molar-refractivity contribution in [3.8, 4) is 28.5 Å². The number of benzene rings is 2. The van der Waals surface area contributed by atoms with Crippen molar-refractivity contribution in [2.24, 2.45) is 0 Å². The second-order valence-corrected chi connectivity index (χ2v) is 7.36. The predicted molar refractivity (Wildman–Crippen MR) is 110 cm³/mol. The predicted octanol–water partition coefficient (Wildman–Crippen LogP) is 4.47. The van der Waals surface area contributed by atoms with Crippen LogP contribution in [0.5, 0.6) is 17.2 Å². The van der Waals surface area contributed by atoms with Gasteiger partial charge in [-0.05, 0) is 35.7 Å². The second-order valence-electron chi connectivity index (χ2n) is 5.82. The molecule has 11 heteroatoms. The summed E-state index contributed by atoms with van der Waals surface area (Å²) in [5, 5.41) is 0.786. The number of nitrogens with one attached hydrogen (secondary N) is 1. The van der Waals surface area contributed by atoms with Crippen molar-refractivity contribution >= 4 is 20.9 Å². The molecule has 2 aromatic carbocycles. The van der Waals surface area contributed by atoms with Crippen LogP contribution >= 0.6 is 0 Å². The first-order valence-corrected chi connectivity index (χ1v) is 10.4. The van der Waals surface area contributed by atoms with Crippen LogP contribution < -0.4 is 19.2 Å². The van der Waals surface area contributed by atoms with Gasteiger partial charge in [0.2, 0.25) is 0 Å². The van der Waals surface area contributed by atoms with E-state index in [-0.39, 0.29) is 11.3 Å². The monoisotopic (exact) mass is 459 g/mol. The highest BCUT2D eigenvalue weighted by molar-refractivity contribution is 7.88. The maximum absolute atomic E-state index is 12.5. The molecule has 0 aliphatic heterocycles. The third-order valence-corrected chi connectivity index (χ3v) is 4.96. The standard InChI is InChI=1S/C18H14F3NO6S.C2H6/c1-26-15-8-11-7-14(22-17(23)13(11)9-16(15)27-2)10-4-3-5-12(6-10)28-29(24,25)18(19,20)21;1-2/h3-9H,1-2H3,(H,22,23);1-2H3.